The normalized spacial score (nSPS) is 10.9. The summed E-state index contributed by atoms with van der Waals surface area (Å²) in [5.74, 6) is 0.684. The molecule has 0 unspecified atom stereocenters. The maximum Gasteiger partial charge on any atom is 0.296 e. The number of fused-ring (bicyclic) bond motifs is 1. The highest BCUT2D eigenvalue weighted by molar-refractivity contribution is 7.16. The van der Waals surface area contributed by atoms with Gasteiger partial charge in [-0.25, -0.2) is 0 Å². The van der Waals surface area contributed by atoms with E-state index in [0.717, 1.165) is 0 Å². The van der Waals surface area contributed by atoms with Gasteiger partial charge in [0.2, 0.25) is 4.96 Å². The average molecular weight is 309 g/mol. The molecule has 0 fully saturated rings. The van der Waals surface area contributed by atoms with E-state index in [9.17, 15) is 4.79 Å². The Hall–Kier alpha value is -1.99. The molecule has 2 heterocycles. The largest absolute Gasteiger partial charge is 0.486 e. The molecule has 0 saturated carbocycles. The standard InChI is InChI=1S/C12H9ClN4O2S/c1-7-11(18)17-12(15-14-7)20-10(16-17)6-19-9-4-2-8(13)3-5-9/h2-5H,6H2,1H3. The molecule has 0 saturated heterocycles. The van der Waals surface area contributed by atoms with E-state index in [0.29, 0.717) is 26.4 Å². The molecule has 0 aliphatic carbocycles. The Kier molecular flexibility index (Phi) is 3.37. The van der Waals surface area contributed by atoms with Crippen LogP contribution in [0.3, 0.4) is 0 Å². The SMILES string of the molecule is Cc1nnc2sc(COc3ccc(Cl)cc3)nn2c1=O. The zero-order valence-corrected chi connectivity index (χ0v) is 12.0. The molecule has 2 aromatic heterocycles. The summed E-state index contributed by atoms with van der Waals surface area (Å²) in [4.78, 5) is 12.3. The topological polar surface area (TPSA) is 69.4 Å². The van der Waals surface area contributed by atoms with Crippen LogP contribution in [0.4, 0.5) is 0 Å². The number of benzene rings is 1. The number of ether oxygens (including phenoxy) is 1. The summed E-state index contributed by atoms with van der Waals surface area (Å²) in [5.41, 5.74) is 0.0574. The maximum atomic E-state index is 11.8. The second-order valence-corrected chi connectivity index (χ2v) is 5.50. The van der Waals surface area contributed by atoms with Gasteiger partial charge in [0.25, 0.3) is 5.56 Å². The number of halogens is 1. The fraction of sp³-hybridized carbons (Fsp3) is 0.167. The first-order valence-electron chi connectivity index (χ1n) is 5.74. The van der Waals surface area contributed by atoms with Crippen LogP contribution in [0.1, 0.15) is 10.7 Å². The van der Waals surface area contributed by atoms with Gasteiger partial charge < -0.3 is 4.74 Å². The van der Waals surface area contributed by atoms with E-state index in [-0.39, 0.29) is 12.2 Å². The van der Waals surface area contributed by atoms with Crippen molar-refractivity contribution < 1.29 is 4.74 Å². The Bertz CT molecular complexity index is 812. The van der Waals surface area contributed by atoms with Crippen molar-refractivity contribution in [1.29, 1.82) is 0 Å². The van der Waals surface area contributed by atoms with E-state index in [4.69, 9.17) is 16.3 Å². The molecule has 0 atom stereocenters. The predicted octanol–water partition coefficient (Wildman–Crippen LogP) is 2.09. The zero-order chi connectivity index (χ0) is 14.1. The Balaban J connectivity index is 1.83. The molecular weight excluding hydrogens is 300 g/mol. The summed E-state index contributed by atoms with van der Waals surface area (Å²) < 4.78 is 6.82. The van der Waals surface area contributed by atoms with E-state index in [1.54, 1.807) is 31.2 Å². The van der Waals surface area contributed by atoms with E-state index in [2.05, 4.69) is 15.3 Å². The van der Waals surface area contributed by atoms with Crippen molar-refractivity contribution in [3.8, 4) is 5.75 Å². The third kappa shape index (κ3) is 2.50. The molecule has 0 N–H and O–H groups in total. The van der Waals surface area contributed by atoms with Crippen molar-refractivity contribution in [2.24, 2.45) is 0 Å². The van der Waals surface area contributed by atoms with Gasteiger partial charge >= 0.3 is 0 Å². The lowest BCUT2D eigenvalue weighted by Gasteiger charge is -2.02. The summed E-state index contributed by atoms with van der Waals surface area (Å²) in [7, 11) is 0. The van der Waals surface area contributed by atoms with Gasteiger partial charge in [0.1, 0.15) is 18.1 Å². The minimum atomic E-state index is -0.260. The molecule has 0 spiro atoms. The summed E-state index contributed by atoms with van der Waals surface area (Å²) in [6, 6.07) is 7.03. The van der Waals surface area contributed by atoms with Crippen LogP contribution in [-0.2, 0) is 6.61 Å². The molecule has 20 heavy (non-hydrogen) atoms. The number of rotatable bonds is 3. The molecule has 0 aliphatic rings. The molecule has 0 radical (unpaired) electrons. The van der Waals surface area contributed by atoms with Gasteiger partial charge in [-0.15, -0.1) is 10.2 Å². The molecular formula is C12H9ClN4O2S. The van der Waals surface area contributed by atoms with Crippen LogP contribution in [-0.4, -0.2) is 19.8 Å². The summed E-state index contributed by atoms with van der Waals surface area (Å²) in [6.45, 7) is 1.86. The number of aryl methyl sites for hydroxylation is 1. The lowest BCUT2D eigenvalue weighted by molar-refractivity contribution is 0.304. The van der Waals surface area contributed by atoms with E-state index < -0.39 is 0 Å². The van der Waals surface area contributed by atoms with Crippen molar-refractivity contribution >= 4 is 27.9 Å². The first kappa shape index (κ1) is 13.0. The van der Waals surface area contributed by atoms with Crippen LogP contribution in [0.15, 0.2) is 29.1 Å². The highest BCUT2D eigenvalue weighted by Gasteiger charge is 2.09. The molecule has 0 amide bonds. The third-order valence-electron chi connectivity index (χ3n) is 2.57. The van der Waals surface area contributed by atoms with E-state index in [1.807, 2.05) is 0 Å². The maximum absolute atomic E-state index is 11.8. The first-order valence-corrected chi connectivity index (χ1v) is 6.93. The summed E-state index contributed by atoms with van der Waals surface area (Å²) in [6.07, 6.45) is 0. The second kappa shape index (κ2) is 5.18. The monoisotopic (exact) mass is 308 g/mol. The van der Waals surface area contributed by atoms with Crippen LogP contribution < -0.4 is 10.3 Å². The van der Waals surface area contributed by atoms with Crippen LogP contribution >= 0.6 is 22.9 Å². The summed E-state index contributed by atoms with van der Waals surface area (Å²) in [5, 5.41) is 13.2. The van der Waals surface area contributed by atoms with Gasteiger partial charge in [0.05, 0.1) is 0 Å². The van der Waals surface area contributed by atoms with Gasteiger partial charge in [-0.2, -0.15) is 9.61 Å². The lowest BCUT2D eigenvalue weighted by atomic mass is 10.3. The van der Waals surface area contributed by atoms with Crippen molar-refractivity contribution in [1.82, 2.24) is 19.8 Å². The van der Waals surface area contributed by atoms with Crippen molar-refractivity contribution in [2.45, 2.75) is 13.5 Å². The fourth-order valence-electron chi connectivity index (χ4n) is 1.57. The molecule has 8 heteroatoms. The van der Waals surface area contributed by atoms with Gasteiger partial charge in [0.15, 0.2) is 5.01 Å². The number of nitrogens with zero attached hydrogens (tertiary/aromatic N) is 4. The quantitative estimate of drug-likeness (QED) is 0.741. The Labute approximate surface area is 122 Å². The highest BCUT2D eigenvalue weighted by atomic mass is 35.5. The molecule has 0 bridgehead atoms. The number of hydrogen-bond acceptors (Lipinski definition) is 6. The van der Waals surface area contributed by atoms with Crippen molar-refractivity contribution in [3.63, 3.8) is 0 Å². The Morgan fingerprint density at radius 3 is 2.80 bits per heavy atom. The number of hydrogen-bond donors (Lipinski definition) is 0. The van der Waals surface area contributed by atoms with E-state index >= 15 is 0 Å². The van der Waals surface area contributed by atoms with Crippen LogP contribution in [0.25, 0.3) is 4.96 Å². The Morgan fingerprint density at radius 2 is 2.05 bits per heavy atom. The Morgan fingerprint density at radius 1 is 1.30 bits per heavy atom. The second-order valence-electron chi connectivity index (χ2n) is 4.02. The molecule has 102 valence electrons. The molecule has 6 nitrogen and oxygen atoms in total. The highest BCUT2D eigenvalue weighted by Crippen LogP contribution is 2.18. The third-order valence-corrected chi connectivity index (χ3v) is 3.69. The van der Waals surface area contributed by atoms with Gasteiger partial charge in [-0.05, 0) is 31.2 Å². The predicted molar refractivity (Wildman–Crippen MR) is 75.5 cm³/mol. The van der Waals surface area contributed by atoms with E-state index in [1.165, 1.54) is 15.9 Å². The molecule has 0 aliphatic heterocycles. The van der Waals surface area contributed by atoms with Gasteiger partial charge in [0, 0.05) is 5.02 Å². The van der Waals surface area contributed by atoms with Crippen LogP contribution in [0.2, 0.25) is 5.02 Å². The van der Waals surface area contributed by atoms with Gasteiger partial charge in [-0.1, -0.05) is 22.9 Å². The first-order chi connectivity index (χ1) is 9.63. The minimum absolute atomic E-state index is 0.258. The smallest absolute Gasteiger partial charge is 0.296 e. The average Bonchev–Trinajstić information content (AvgIpc) is 2.86. The lowest BCUT2D eigenvalue weighted by Crippen LogP contribution is -2.19. The zero-order valence-electron chi connectivity index (χ0n) is 10.4. The molecule has 3 rings (SSSR count). The molecule has 1 aromatic carbocycles. The number of aromatic nitrogens is 4. The molecule has 3 aromatic rings. The fourth-order valence-corrected chi connectivity index (χ4v) is 2.44. The summed E-state index contributed by atoms with van der Waals surface area (Å²) >= 11 is 7.07. The van der Waals surface area contributed by atoms with Crippen molar-refractivity contribution in [3.05, 3.63) is 50.3 Å². The van der Waals surface area contributed by atoms with Crippen LogP contribution in [0.5, 0.6) is 5.75 Å². The van der Waals surface area contributed by atoms with Crippen LogP contribution in [0, 0.1) is 6.92 Å². The van der Waals surface area contributed by atoms with Gasteiger partial charge in [-0.3, -0.25) is 4.79 Å². The van der Waals surface area contributed by atoms with Crippen molar-refractivity contribution in [2.75, 3.05) is 0 Å². The minimum Gasteiger partial charge on any atom is -0.486 e.